The Hall–Kier alpha value is -1.36. The molecule has 2 unspecified atom stereocenters. The summed E-state index contributed by atoms with van der Waals surface area (Å²) in [6.07, 6.45) is 0.899. The monoisotopic (exact) mass is 384 g/mol. The van der Waals surface area contributed by atoms with Crippen molar-refractivity contribution >= 4 is 40.0 Å². The molecule has 0 saturated heterocycles. The van der Waals surface area contributed by atoms with Crippen molar-refractivity contribution in [1.29, 1.82) is 0 Å². The fraction of sp³-hybridized carbons (Fsp3) is 0.278. The lowest BCUT2D eigenvalue weighted by atomic mass is 10.1. The van der Waals surface area contributed by atoms with Gasteiger partial charge in [-0.1, -0.05) is 59.1 Å². The maximum atomic E-state index is 12.5. The normalized spacial score (nSPS) is 13.5. The second kappa shape index (κ2) is 8.65. The van der Waals surface area contributed by atoms with E-state index in [0.717, 1.165) is 11.1 Å². The third kappa shape index (κ3) is 5.33. The number of rotatable bonds is 7. The van der Waals surface area contributed by atoms with Gasteiger partial charge < -0.3 is 5.11 Å². The van der Waals surface area contributed by atoms with Crippen molar-refractivity contribution in [1.82, 2.24) is 0 Å². The molecule has 24 heavy (non-hydrogen) atoms. The van der Waals surface area contributed by atoms with Crippen LogP contribution in [0.1, 0.15) is 23.1 Å². The Morgan fingerprint density at radius 2 is 1.71 bits per heavy atom. The summed E-state index contributed by atoms with van der Waals surface area (Å²) in [6.45, 7) is 2.00. The van der Waals surface area contributed by atoms with E-state index in [1.165, 1.54) is 0 Å². The fourth-order valence-corrected chi connectivity index (χ4v) is 3.95. The standard InChI is InChI=1S/C18H18Cl2O3S/c1-12-2-4-13(5-3-12)7-9-17(18(21)22)24(23)11-14-6-8-15(19)16(20)10-14/h2-6,8,10,17H,7,9,11H2,1H3,(H,21,22). The van der Waals surface area contributed by atoms with Gasteiger partial charge in [0.1, 0.15) is 5.25 Å². The van der Waals surface area contributed by atoms with E-state index in [0.29, 0.717) is 28.5 Å². The van der Waals surface area contributed by atoms with Gasteiger partial charge in [0.05, 0.1) is 10.0 Å². The highest BCUT2D eigenvalue weighted by Gasteiger charge is 2.24. The quantitative estimate of drug-likeness (QED) is 0.756. The number of halogens is 2. The Labute approximate surface area is 154 Å². The van der Waals surface area contributed by atoms with Crippen LogP contribution in [-0.4, -0.2) is 20.5 Å². The van der Waals surface area contributed by atoms with Crippen molar-refractivity contribution in [3.63, 3.8) is 0 Å². The van der Waals surface area contributed by atoms with Crippen LogP contribution in [0.15, 0.2) is 42.5 Å². The van der Waals surface area contributed by atoms with Crippen LogP contribution in [0, 0.1) is 6.92 Å². The fourth-order valence-electron chi connectivity index (χ4n) is 2.31. The van der Waals surface area contributed by atoms with Gasteiger partial charge in [-0.2, -0.15) is 0 Å². The van der Waals surface area contributed by atoms with E-state index in [-0.39, 0.29) is 5.75 Å². The van der Waals surface area contributed by atoms with Gasteiger partial charge in [0.25, 0.3) is 0 Å². The number of benzene rings is 2. The molecule has 2 atom stereocenters. The van der Waals surface area contributed by atoms with Crippen molar-refractivity contribution in [3.8, 4) is 0 Å². The lowest BCUT2D eigenvalue weighted by Gasteiger charge is -2.13. The van der Waals surface area contributed by atoms with Crippen molar-refractivity contribution in [2.45, 2.75) is 30.8 Å². The van der Waals surface area contributed by atoms with E-state index >= 15 is 0 Å². The second-order valence-corrected chi connectivity index (χ2v) is 8.06. The van der Waals surface area contributed by atoms with E-state index in [4.69, 9.17) is 23.2 Å². The van der Waals surface area contributed by atoms with Gasteiger partial charge in [0, 0.05) is 16.6 Å². The molecule has 128 valence electrons. The maximum absolute atomic E-state index is 12.5. The largest absolute Gasteiger partial charge is 0.480 e. The number of aryl methyl sites for hydroxylation is 2. The van der Waals surface area contributed by atoms with Crippen LogP contribution in [0.3, 0.4) is 0 Å². The first-order valence-corrected chi connectivity index (χ1v) is 9.60. The van der Waals surface area contributed by atoms with Crippen LogP contribution >= 0.6 is 23.2 Å². The molecule has 0 fully saturated rings. The Kier molecular flexibility index (Phi) is 6.84. The van der Waals surface area contributed by atoms with Crippen molar-refractivity contribution in [2.24, 2.45) is 0 Å². The van der Waals surface area contributed by atoms with E-state index in [1.54, 1.807) is 18.2 Å². The van der Waals surface area contributed by atoms with E-state index in [9.17, 15) is 14.1 Å². The molecule has 0 aliphatic rings. The summed E-state index contributed by atoms with van der Waals surface area (Å²) in [5, 5.41) is 9.28. The van der Waals surface area contributed by atoms with Crippen LogP contribution in [0.5, 0.6) is 0 Å². The first-order valence-electron chi connectivity index (χ1n) is 7.46. The molecule has 0 amide bonds. The summed E-state index contributed by atoms with van der Waals surface area (Å²) < 4.78 is 12.5. The molecule has 6 heteroatoms. The predicted molar refractivity (Wildman–Crippen MR) is 99.2 cm³/mol. The van der Waals surface area contributed by atoms with Gasteiger partial charge in [0.15, 0.2) is 0 Å². The minimum atomic E-state index is -1.53. The van der Waals surface area contributed by atoms with Crippen molar-refractivity contribution < 1.29 is 14.1 Å². The average molecular weight is 385 g/mol. The van der Waals surface area contributed by atoms with E-state index < -0.39 is 22.0 Å². The molecule has 0 aliphatic heterocycles. The SMILES string of the molecule is Cc1ccc(CCC(C(=O)O)S(=O)Cc2ccc(Cl)c(Cl)c2)cc1. The number of hydrogen-bond acceptors (Lipinski definition) is 2. The highest BCUT2D eigenvalue weighted by molar-refractivity contribution is 7.85. The highest BCUT2D eigenvalue weighted by Crippen LogP contribution is 2.24. The predicted octanol–water partition coefficient (Wildman–Crippen LogP) is 4.64. The number of carboxylic acids is 1. The zero-order valence-electron chi connectivity index (χ0n) is 13.2. The first kappa shape index (κ1) is 19.0. The topological polar surface area (TPSA) is 54.4 Å². The van der Waals surface area contributed by atoms with Crippen LogP contribution < -0.4 is 0 Å². The molecule has 0 radical (unpaired) electrons. The van der Waals surface area contributed by atoms with E-state index in [2.05, 4.69) is 0 Å². The zero-order chi connectivity index (χ0) is 17.7. The molecule has 2 aromatic rings. The summed E-state index contributed by atoms with van der Waals surface area (Å²) in [5.41, 5.74) is 2.90. The molecule has 2 rings (SSSR count). The minimum absolute atomic E-state index is 0.141. The zero-order valence-corrected chi connectivity index (χ0v) is 15.5. The summed E-state index contributed by atoms with van der Waals surface area (Å²) >= 11 is 11.8. The Bertz CT molecular complexity index is 744. The molecule has 0 heterocycles. The number of carbonyl (C=O) groups is 1. The van der Waals surface area contributed by atoms with Gasteiger partial charge >= 0.3 is 5.97 Å². The number of hydrogen-bond donors (Lipinski definition) is 1. The summed E-state index contributed by atoms with van der Waals surface area (Å²) in [5.74, 6) is -0.901. The average Bonchev–Trinajstić information content (AvgIpc) is 2.52. The van der Waals surface area contributed by atoms with Crippen molar-refractivity contribution in [2.75, 3.05) is 0 Å². The third-order valence-corrected chi connectivity index (χ3v) is 6.13. The Morgan fingerprint density at radius 3 is 2.29 bits per heavy atom. The third-order valence-electron chi connectivity index (χ3n) is 3.70. The molecule has 1 N–H and O–H groups in total. The molecule has 0 spiro atoms. The van der Waals surface area contributed by atoms with Crippen LogP contribution in [0.2, 0.25) is 10.0 Å². The molecular weight excluding hydrogens is 367 g/mol. The Morgan fingerprint density at radius 1 is 1.08 bits per heavy atom. The van der Waals surface area contributed by atoms with Gasteiger partial charge in [-0.3, -0.25) is 9.00 Å². The molecule has 0 saturated carbocycles. The minimum Gasteiger partial charge on any atom is -0.480 e. The van der Waals surface area contributed by atoms with Gasteiger partial charge in [-0.05, 0) is 43.0 Å². The Balaban J connectivity index is 2.03. The van der Waals surface area contributed by atoms with Gasteiger partial charge in [0.2, 0.25) is 0 Å². The second-order valence-electron chi connectivity index (χ2n) is 5.62. The molecule has 0 aliphatic carbocycles. The lowest BCUT2D eigenvalue weighted by molar-refractivity contribution is -0.136. The maximum Gasteiger partial charge on any atom is 0.319 e. The first-order chi connectivity index (χ1) is 11.4. The van der Waals surface area contributed by atoms with Crippen molar-refractivity contribution in [3.05, 3.63) is 69.2 Å². The van der Waals surface area contributed by atoms with Gasteiger partial charge in [-0.25, -0.2) is 0 Å². The summed E-state index contributed by atoms with van der Waals surface area (Å²) in [7, 11) is -1.53. The molecule has 0 aromatic heterocycles. The highest BCUT2D eigenvalue weighted by atomic mass is 35.5. The summed E-state index contributed by atoms with van der Waals surface area (Å²) in [6, 6.07) is 12.9. The number of carboxylic acid groups (broad SMARTS) is 1. The van der Waals surface area contributed by atoms with Crippen LogP contribution in [0.25, 0.3) is 0 Å². The number of aliphatic carboxylic acids is 1. The van der Waals surface area contributed by atoms with Crippen LogP contribution in [0.4, 0.5) is 0 Å². The molecule has 3 nitrogen and oxygen atoms in total. The lowest BCUT2D eigenvalue weighted by Crippen LogP contribution is -2.27. The molecule has 2 aromatic carbocycles. The molecular formula is C18H18Cl2O3S. The smallest absolute Gasteiger partial charge is 0.319 e. The molecule has 0 bridgehead atoms. The summed E-state index contributed by atoms with van der Waals surface area (Å²) in [4.78, 5) is 11.5. The van der Waals surface area contributed by atoms with E-state index in [1.807, 2.05) is 31.2 Å². The van der Waals surface area contributed by atoms with Gasteiger partial charge in [-0.15, -0.1) is 0 Å². The van der Waals surface area contributed by atoms with Crippen LogP contribution in [-0.2, 0) is 27.8 Å².